The maximum atomic E-state index is 10.8. The van der Waals surface area contributed by atoms with Gasteiger partial charge in [0, 0.05) is 12.6 Å². The summed E-state index contributed by atoms with van der Waals surface area (Å²) >= 11 is 0. The van der Waals surface area contributed by atoms with Gasteiger partial charge >= 0.3 is 11.7 Å². The van der Waals surface area contributed by atoms with Crippen molar-refractivity contribution in [2.75, 3.05) is 11.9 Å². The molecular formula is C9H10ClN5O5. The van der Waals surface area contributed by atoms with Crippen molar-refractivity contribution in [3.8, 4) is 0 Å². The van der Waals surface area contributed by atoms with E-state index in [1.165, 1.54) is 12.1 Å². The van der Waals surface area contributed by atoms with E-state index in [0.29, 0.717) is 5.69 Å². The molecule has 1 heterocycles. The Hall–Kier alpha value is -2.46. The molecule has 4 N–H and O–H groups in total. The number of nitrogens with one attached hydrogen (secondary N) is 1. The minimum atomic E-state index is -1.16. The zero-order valence-electron chi connectivity index (χ0n) is 9.85. The van der Waals surface area contributed by atoms with E-state index in [0.717, 1.165) is 0 Å². The van der Waals surface area contributed by atoms with Crippen molar-refractivity contribution in [2.45, 2.75) is 6.04 Å². The topological polar surface area (TPSA) is 157 Å². The summed E-state index contributed by atoms with van der Waals surface area (Å²) in [5, 5.41) is 29.1. The van der Waals surface area contributed by atoms with Crippen LogP contribution in [-0.4, -0.2) is 38.9 Å². The molecule has 108 valence electrons. The molecule has 0 aliphatic rings. The summed E-state index contributed by atoms with van der Waals surface area (Å²) in [6.45, 7) is -0.0604. The molecule has 0 saturated heterocycles. The fourth-order valence-corrected chi connectivity index (χ4v) is 1.45. The first kappa shape index (κ1) is 15.6. The van der Waals surface area contributed by atoms with Gasteiger partial charge in [0.25, 0.3) is 0 Å². The third kappa shape index (κ3) is 2.92. The van der Waals surface area contributed by atoms with Crippen LogP contribution in [0.4, 0.5) is 11.4 Å². The van der Waals surface area contributed by atoms with Crippen LogP contribution in [-0.2, 0) is 4.79 Å². The third-order valence-electron chi connectivity index (χ3n) is 2.42. The smallest absolute Gasteiger partial charge is 0.322 e. The van der Waals surface area contributed by atoms with E-state index in [2.05, 4.69) is 20.3 Å². The van der Waals surface area contributed by atoms with Crippen LogP contribution in [0.5, 0.6) is 0 Å². The first-order valence-corrected chi connectivity index (χ1v) is 5.12. The first-order valence-electron chi connectivity index (χ1n) is 5.12. The Morgan fingerprint density at radius 3 is 2.75 bits per heavy atom. The van der Waals surface area contributed by atoms with Crippen molar-refractivity contribution in [3.63, 3.8) is 0 Å². The highest BCUT2D eigenvalue weighted by Gasteiger charge is 2.20. The maximum Gasteiger partial charge on any atom is 0.322 e. The Balaban J connectivity index is 0.00000200. The molecule has 0 spiro atoms. The molecule has 20 heavy (non-hydrogen) atoms. The summed E-state index contributed by atoms with van der Waals surface area (Å²) in [7, 11) is 0. The number of anilines is 1. The number of aromatic nitrogens is 2. The molecule has 11 heteroatoms. The number of fused-ring (bicyclic) bond motifs is 1. The maximum absolute atomic E-state index is 10.8. The van der Waals surface area contributed by atoms with Crippen LogP contribution in [0.2, 0.25) is 0 Å². The quantitative estimate of drug-likeness (QED) is 0.524. The molecule has 0 radical (unpaired) electrons. The summed E-state index contributed by atoms with van der Waals surface area (Å²) in [4.78, 5) is 20.7. The van der Waals surface area contributed by atoms with Gasteiger partial charge in [-0.2, -0.15) is 0 Å². The number of carbonyl (C=O) groups is 1. The summed E-state index contributed by atoms with van der Waals surface area (Å²) < 4.78 is 4.46. The lowest BCUT2D eigenvalue weighted by molar-refractivity contribution is -0.383. The van der Waals surface area contributed by atoms with Gasteiger partial charge in [0.05, 0.1) is 10.6 Å². The number of benzene rings is 1. The molecular weight excluding hydrogens is 294 g/mol. The Morgan fingerprint density at radius 1 is 1.50 bits per heavy atom. The van der Waals surface area contributed by atoms with Gasteiger partial charge in [-0.3, -0.25) is 14.9 Å². The van der Waals surface area contributed by atoms with Gasteiger partial charge < -0.3 is 16.2 Å². The Bertz CT molecular complexity index is 645. The number of carboxylic acids is 1. The van der Waals surface area contributed by atoms with Crippen LogP contribution in [0.25, 0.3) is 11.0 Å². The SMILES string of the molecule is Cl.NC(CNc1ccc([N+](=O)[O-])c2nonc12)C(=O)O. The molecule has 1 aromatic carbocycles. The number of rotatable bonds is 5. The van der Waals surface area contributed by atoms with Crippen LogP contribution < -0.4 is 11.1 Å². The molecule has 0 fully saturated rings. The predicted molar refractivity (Wildman–Crippen MR) is 69.8 cm³/mol. The fraction of sp³-hybridized carbons (Fsp3) is 0.222. The summed E-state index contributed by atoms with van der Waals surface area (Å²) in [5.41, 5.74) is 5.58. The van der Waals surface area contributed by atoms with E-state index in [1.54, 1.807) is 0 Å². The lowest BCUT2D eigenvalue weighted by atomic mass is 10.2. The second-order valence-corrected chi connectivity index (χ2v) is 3.68. The number of hydrogen-bond acceptors (Lipinski definition) is 8. The predicted octanol–water partition coefficient (Wildman–Crippen LogP) is 0.377. The number of halogens is 1. The number of hydrogen-bond donors (Lipinski definition) is 3. The van der Waals surface area contributed by atoms with Gasteiger partial charge in [-0.15, -0.1) is 12.4 Å². The minimum absolute atomic E-state index is 0. The van der Waals surface area contributed by atoms with Crippen molar-refractivity contribution in [3.05, 3.63) is 22.2 Å². The van der Waals surface area contributed by atoms with Crippen molar-refractivity contribution < 1.29 is 19.5 Å². The van der Waals surface area contributed by atoms with Crippen molar-refractivity contribution in [1.82, 2.24) is 10.3 Å². The molecule has 10 nitrogen and oxygen atoms in total. The van der Waals surface area contributed by atoms with E-state index < -0.39 is 16.9 Å². The van der Waals surface area contributed by atoms with Crippen LogP contribution in [0.3, 0.4) is 0 Å². The molecule has 1 aromatic heterocycles. The van der Waals surface area contributed by atoms with Gasteiger partial charge in [0.2, 0.25) is 5.52 Å². The molecule has 1 unspecified atom stereocenters. The van der Waals surface area contributed by atoms with E-state index in [-0.39, 0.29) is 35.7 Å². The number of nitro groups is 1. The average molecular weight is 304 g/mol. The highest BCUT2D eigenvalue weighted by atomic mass is 35.5. The minimum Gasteiger partial charge on any atom is -0.480 e. The molecule has 0 saturated carbocycles. The molecule has 0 bridgehead atoms. The Morgan fingerprint density at radius 2 is 2.15 bits per heavy atom. The van der Waals surface area contributed by atoms with Crippen molar-refractivity contribution in [2.24, 2.45) is 5.73 Å². The van der Waals surface area contributed by atoms with Crippen molar-refractivity contribution >= 4 is 40.8 Å². The standard InChI is InChI=1S/C9H9N5O5.ClH/c10-4(9(15)16)3-11-5-1-2-6(14(17)18)8-7(5)12-19-13-8;/h1-2,4,11H,3,10H2,(H,15,16);1H. The number of carboxylic acid groups (broad SMARTS) is 1. The van der Waals surface area contributed by atoms with Gasteiger partial charge in [-0.25, -0.2) is 4.63 Å². The first-order chi connectivity index (χ1) is 9.00. The van der Waals surface area contributed by atoms with E-state index in [1.807, 2.05) is 0 Å². The monoisotopic (exact) mass is 303 g/mol. The second-order valence-electron chi connectivity index (χ2n) is 3.68. The third-order valence-corrected chi connectivity index (χ3v) is 2.42. The van der Waals surface area contributed by atoms with Crippen molar-refractivity contribution in [1.29, 1.82) is 0 Å². The lowest BCUT2D eigenvalue weighted by Gasteiger charge is -2.09. The molecule has 0 amide bonds. The summed E-state index contributed by atoms with van der Waals surface area (Å²) in [6, 6.07) is 1.51. The highest BCUT2D eigenvalue weighted by Crippen LogP contribution is 2.28. The van der Waals surface area contributed by atoms with Gasteiger partial charge in [-0.1, -0.05) is 0 Å². The molecule has 0 aliphatic heterocycles. The molecule has 2 aromatic rings. The molecule has 2 rings (SSSR count). The number of non-ortho nitro benzene ring substituents is 1. The largest absolute Gasteiger partial charge is 0.480 e. The Kier molecular flexibility index (Phi) is 4.78. The molecule has 1 atom stereocenters. The summed E-state index contributed by atoms with van der Waals surface area (Å²) in [6.07, 6.45) is 0. The lowest BCUT2D eigenvalue weighted by Crippen LogP contribution is -2.36. The zero-order chi connectivity index (χ0) is 14.0. The van der Waals surface area contributed by atoms with Gasteiger partial charge in [0.15, 0.2) is 5.52 Å². The van der Waals surface area contributed by atoms with Crippen LogP contribution in [0.15, 0.2) is 16.8 Å². The molecule has 0 aliphatic carbocycles. The normalized spacial score (nSPS) is 11.7. The number of nitrogens with two attached hydrogens (primary N) is 1. The fourth-order valence-electron chi connectivity index (χ4n) is 1.45. The summed E-state index contributed by atoms with van der Waals surface area (Å²) in [5.74, 6) is -1.16. The van der Waals surface area contributed by atoms with E-state index in [4.69, 9.17) is 10.8 Å². The van der Waals surface area contributed by atoms with Crippen LogP contribution >= 0.6 is 12.4 Å². The van der Waals surface area contributed by atoms with Crippen LogP contribution in [0, 0.1) is 10.1 Å². The Labute approximate surface area is 117 Å². The number of nitrogens with zero attached hydrogens (tertiary/aromatic N) is 3. The number of aliphatic carboxylic acids is 1. The average Bonchev–Trinajstić information content (AvgIpc) is 2.83. The number of nitro benzene ring substituents is 1. The van der Waals surface area contributed by atoms with E-state index in [9.17, 15) is 14.9 Å². The zero-order valence-corrected chi connectivity index (χ0v) is 10.7. The van der Waals surface area contributed by atoms with Gasteiger partial charge in [-0.05, 0) is 16.4 Å². The van der Waals surface area contributed by atoms with Crippen LogP contribution in [0.1, 0.15) is 0 Å². The van der Waals surface area contributed by atoms with Gasteiger partial charge in [0.1, 0.15) is 6.04 Å². The van der Waals surface area contributed by atoms with E-state index >= 15 is 0 Å². The highest BCUT2D eigenvalue weighted by molar-refractivity contribution is 5.93. The second kappa shape index (κ2) is 6.12.